The fraction of sp³-hybridized carbons (Fsp3) is 0.214. The number of hydrogen-bond donors (Lipinski definition) is 1. The van der Waals surface area contributed by atoms with Crippen LogP contribution in [0.1, 0.15) is 30.7 Å². The number of nitrogens with one attached hydrogen (secondary N) is 1. The zero-order valence-corrected chi connectivity index (χ0v) is 10.7. The first-order valence-electron chi connectivity index (χ1n) is 5.74. The molecule has 0 spiro atoms. The molecule has 2 rings (SSSR count). The molecule has 0 amide bonds. The fourth-order valence-corrected chi connectivity index (χ4v) is 1.99. The van der Waals surface area contributed by atoms with E-state index in [0.717, 1.165) is 17.9 Å². The van der Waals surface area contributed by atoms with Crippen molar-refractivity contribution in [2.24, 2.45) is 0 Å². The van der Waals surface area contributed by atoms with Crippen LogP contribution in [0.2, 0.25) is 5.02 Å². The van der Waals surface area contributed by atoms with Crippen LogP contribution in [0.4, 0.5) is 5.69 Å². The Balaban J connectivity index is 2.20. The monoisotopic (exact) mass is 260 g/mol. The van der Waals surface area contributed by atoms with E-state index in [1.165, 1.54) is 0 Å². The van der Waals surface area contributed by atoms with Gasteiger partial charge >= 0.3 is 0 Å². The summed E-state index contributed by atoms with van der Waals surface area (Å²) in [6, 6.07) is 11.1. The lowest BCUT2D eigenvalue weighted by Gasteiger charge is -2.17. The van der Waals surface area contributed by atoms with Gasteiger partial charge in [-0.3, -0.25) is 0 Å². The van der Waals surface area contributed by atoms with Gasteiger partial charge in [-0.1, -0.05) is 18.5 Å². The third-order valence-electron chi connectivity index (χ3n) is 2.72. The van der Waals surface area contributed by atoms with Crippen LogP contribution < -0.4 is 5.32 Å². The van der Waals surface area contributed by atoms with E-state index in [1.54, 1.807) is 18.4 Å². The van der Waals surface area contributed by atoms with Crippen molar-refractivity contribution in [2.45, 2.75) is 19.4 Å². The molecule has 0 aliphatic carbocycles. The molecule has 0 bridgehead atoms. The largest absolute Gasteiger partial charge is 0.467 e. The Hall–Kier alpha value is -1.92. The molecule has 0 aliphatic rings. The van der Waals surface area contributed by atoms with Crippen molar-refractivity contribution in [3.05, 3.63) is 52.9 Å². The van der Waals surface area contributed by atoms with Crippen molar-refractivity contribution in [1.29, 1.82) is 5.26 Å². The van der Waals surface area contributed by atoms with Gasteiger partial charge in [-0.2, -0.15) is 5.26 Å². The molecule has 2 aromatic rings. The summed E-state index contributed by atoms with van der Waals surface area (Å²) in [6.45, 7) is 2.07. The van der Waals surface area contributed by atoms with Crippen molar-refractivity contribution >= 4 is 17.3 Å². The number of furan rings is 1. The van der Waals surface area contributed by atoms with E-state index < -0.39 is 0 Å². The number of halogens is 1. The Morgan fingerprint density at radius 2 is 2.28 bits per heavy atom. The molecule has 18 heavy (non-hydrogen) atoms. The van der Waals surface area contributed by atoms with Crippen LogP contribution in [0.3, 0.4) is 0 Å². The van der Waals surface area contributed by atoms with Gasteiger partial charge in [0.05, 0.1) is 34.6 Å². The number of hydrogen-bond acceptors (Lipinski definition) is 3. The highest BCUT2D eigenvalue weighted by Gasteiger charge is 2.13. The average Bonchev–Trinajstić information content (AvgIpc) is 2.91. The smallest absolute Gasteiger partial charge is 0.125 e. The molecule has 1 atom stereocenters. The number of nitrogens with zero attached hydrogens (tertiary/aromatic N) is 1. The highest BCUT2D eigenvalue weighted by Crippen LogP contribution is 2.28. The first kappa shape index (κ1) is 12.5. The minimum Gasteiger partial charge on any atom is -0.467 e. The summed E-state index contributed by atoms with van der Waals surface area (Å²) < 4.78 is 5.39. The van der Waals surface area contributed by atoms with Gasteiger partial charge in [-0.15, -0.1) is 0 Å². The summed E-state index contributed by atoms with van der Waals surface area (Å²) in [6.07, 6.45) is 2.53. The van der Waals surface area contributed by atoms with Gasteiger partial charge in [-0.25, -0.2) is 0 Å². The Bertz CT molecular complexity index is 558. The molecule has 0 aliphatic heterocycles. The van der Waals surface area contributed by atoms with Crippen molar-refractivity contribution < 1.29 is 4.42 Å². The minimum absolute atomic E-state index is 0.0745. The molecule has 0 fully saturated rings. The highest BCUT2D eigenvalue weighted by molar-refractivity contribution is 6.33. The van der Waals surface area contributed by atoms with E-state index >= 15 is 0 Å². The quantitative estimate of drug-likeness (QED) is 0.888. The molecule has 1 unspecified atom stereocenters. The van der Waals surface area contributed by atoms with Crippen molar-refractivity contribution in [3.63, 3.8) is 0 Å². The summed E-state index contributed by atoms with van der Waals surface area (Å²) in [5.41, 5.74) is 1.36. The second kappa shape index (κ2) is 5.61. The summed E-state index contributed by atoms with van der Waals surface area (Å²) in [4.78, 5) is 0. The first-order chi connectivity index (χ1) is 8.74. The van der Waals surface area contributed by atoms with Crippen molar-refractivity contribution in [3.8, 4) is 6.07 Å². The lowest BCUT2D eigenvalue weighted by Crippen LogP contribution is -2.09. The predicted octanol–water partition coefficient (Wildman–Crippen LogP) is 4.37. The van der Waals surface area contributed by atoms with Crippen LogP contribution >= 0.6 is 11.6 Å². The standard InChI is InChI=1S/C14H13ClN2O/c1-2-12(14-4-3-7-18-14)17-13-6-5-10(9-16)8-11(13)15/h3-8,12,17H,2H2,1H3. The number of nitriles is 1. The van der Waals surface area contributed by atoms with Gasteiger partial charge in [0.2, 0.25) is 0 Å². The van der Waals surface area contributed by atoms with E-state index in [2.05, 4.69) is 18.3 Å². The van der Waals surface area contributed by atoms with E-state index in [0.29, 0.717) is 10.6 Å². The van der Waals surface area contributed by atoms with Crippen molar-refractivity contribution in [1.82, 2.24) is 0 Å². The molecule has 1 aromatic heterocycles. The van der Waals surface area contributed by atoms with Crippen LogP contribution in [0, 0.1) is 11.3 Å². The molecular formula is C14H13ClN2O. The van der Waals surface area contributed by atoms with Crippen LogP contribution in [-0.4, -0.2) is 0 Å². The van der Waals surface area contributed by atoms with Crippen LogP contribution in [0.5, 0.6) is 0 Å². The third kappa shape index (κ3) is 2.66. The minimum atomic E-state index is 0.0745. The van der Waals surface area contributed by atoms with Gasteiger partial charge in [0.1, 0.15) is 5.76 Å². The van der Waals surface area contributed by atoms with E-state index in [1.807, 2.05) is 18.2 Å². The maximum Gasteiger partial charge on any atom is 0.125 e. The molecule has 92 valence electrons. The maximum atomic E-state index is 8.79. The first-order valence-corrected chi connectivity index (χ1v) is 6.12. The van der Waals surface area contributed by atoms with E-state index in [-0.39, 0.29) is 6.04 Å². The second-order valence-electron chi connectivity index (χ2n) is 3.93. The Kier molecular flexibility index (Phi) is 3.91. The number of anilines is 1. The maximum absolute atomic E-state index is 8.79. The predicted molar refractivity (Wildman–Crippen MR) is 71.5 cm³/mol. The lowest BCUT2D eigenvalue weighted by atomic mass is 10.1. The third-order valence-corrected chi connectivity index (χ3v) is 3.04. The van der Waals surface area contributed by atoms with E-state index in [9.17, 15) is 0 Å². The molecule has 1 aromatic carbocycles. The van der Waals surface area contributed by atoms with Crippen LogP contribution in [-0.2, 0) is 0 Å². The Labute approximate surface area is 111 Å². The molecule has 1 N–H and O–H groups in total. The van der Waals surface area contributed by atoms with Gasteiger partial charge < -0.3 is 9.73 Å². The molecular weight excluding hydrogens is 248 g/mol. The Morgan fingerprint density at radius 3 is 2.83 bits per heavy atom. The van der Waals surface area contributed by atoms with Crippen LogP contribution in [0.25, 0.3) is 0 Å². The van der Waals surface area contributed by atoms with Gasteiger partial charge in [0.25, 0.3) is 0 Å². The summed E-state index contributed by atoms with van der Waals surface area (Å²) in [7, 11) is 0. The van der Waals surface area contributed by atoms with Crippen molar-refractivity contribution in [2.75, 3.05) is 5.32 Å². The molecule has 0 saturated heterocycles. The van der Waals surface area contributed by atoms with Gasteiger partial charge in [0, 0.05) is 0 Å². The molecule has 4 heteroatoms. The zero-order valence-electron chi connectivity index (χ0n) is 9.98. The lowest BCUT2D eigenvalue weighted by molar-refractivity contribution is 0.474. The average molecular weight is 261 g/mol. The summed E-state index contributed by atoms with van der Waals surface area (Å²) in [5, 5.41) is 12.6. The zero-order chi connectivity index (χ0) is 13.0. The summed E-state index contributed by atoms with van der Waals surface area (Å²) in [5.74, 6) is 0.873. The van der Waals surface area contributed by atoms with Gasteiger partial charge in [0.15, 0.2) is 0 Å². The molecule has 3 nitrogen and oxygen atoms in total. The SMILES string of the molecule is CCC(Nc1ccc(C#N)cc1Cl)c1ccco1. The fourth-order valence-electron chi connectivity index (χ4n) is 1.75. The van der Waals surface area contributed by atoms with Gasteiger partial charge in [-0.05, 0) is 36.8 Å². The number of benzene rings is 1. The highest BCUT2D eigenvalue weighted by atomic mass is 35.5. The normalized spacial score (nSPS) is 11.8. The second-order valence-corrected chi connectivity index (χ2v) is 4.33. The summed E-state index contributed by atoms with van der Waals surface area (Å²) >= 11 is 6.13. The van der Waals surface area contributed by atoms with E-state index in [4.69, 9.17) is 21.3 Å². The van der Waals surface area contributed by atoms with Crippen LogP contribution in [0.15, 0.2) is 41.0 Å². The molecule has 1 heterocycles. The number of rotatable bonds is 4. The molecule has 0 radical (unpaired) electrons. The molecule has 0 saturated carbocycles. The Morgan fingerprint density at radius 1 is 1.44 bits per heavy atom. The topological polar surface area (TPSA) is 49.0 Å².